The van der Waals surface area contributed by atoms with Crippen LogP contribution in [0.4, 0.5) is 10.5 Å². The molecule has 0 saturated carbocycles. The summed E-state index contributed by atoms with van der Waals surface area (Å²) in [5, 5.41) is 25.1. The van der Waals surface area contributed by atoms with Gasteiger partial charge in [-0.2, -0.15) is 9.78 Å². The Morgan fingerprint density at radius 1 is 1.17 bits per heavy atom. The van der Waals surface area contributed by atoms with Gasteiger partial charge in [0, 0.05) is 5.69 Å². The van der Waals surface area contributed by atoms with Crippen LogP contribution in [0, 0.1) is 6.92 Å². The molecule has 1 atom stereocenters. The van der Waals surface area contributed by atoms with E-state index in [2.05, 4.69) is 41.3 Å². The minimum Gasteiger partial charge on any atom is -0.324 e. The summed E-state index contributed by atoms with van der Waals surface area (Å²) in [7, 11) is 0. The van der Waals surface area contributed by atoms with E-state index in [0.29, 0.717) is 22.5 Å². The molecule has 152 valence electrons. The number of benzene rings is 2. The van der Waals surface area contributed by atoms with Gasteiger partial charge in [-0.15, -0.1) is 5.10 Å². The highest BCUT2D eigenvalue weighted by molar-refractivity contribution is 7.98. The Morgan fingerprint density at radius 2 is 2.00 bits per heavy atom. The van der Waals surface area contributed by atoms with Crippen molar-refractivity contribution >= 4 is 23.5 Å². The zero-order valence-corrected chi connectivity index (χ0v) is 17.1. The first kappa shape index (κ1) is 19.6. The molecule has 2 aromatic carbocycles. The molecule has 4 aromatic rings. The number of aromatic amines is 1. The summed E-state index contributed by atoms with van der Waals surface area (Å²) in [4.78, 5) is 17.1. The third kappa shape index (κ3) is 4.30. The van der Waals surface area contributed by atoms with Crippen LogP contribution in [0.2, 0.25) is 0 Å². The van der Waals surface area contributed by atoms with E-state index in [1.54, 1.807) is 16.8 Å². The molecule has 0 aliphatic rings. The van der Waals surface area contributed by atoms with Gasteiger partial charge in [0.15, 0.2) is 5.82 Å². The predicted molar refractivity (Wildman–Crippen MR) is 112 cm³/mol. The number of nitrogens with one attached hydrogen (secondary N) is 3. The van der Waals surface area contributed by atoms with Crippen molar-refractivity contribution in [3.63, 3.8) is 0 Å². The molecule has 2 aromatic heterocycles. The second-order valence-corrected chi connectivity index (χ2v) is 7.12. The van der Waals surface area contributed by atoms with Crippen LogP contribution in [0.5, 0.6) is 0 Å². The molecule has 0 aliphatic heterocycles. The lowest BCUT2D eigenvalue weighted by Crippen LogP contribution is -2.33. The van der Waals surface area contributed by atoms with E-state index in [9.17, 15) is 4.79 Å². The molecule has 2 amide bonds. The number of amides is 2. The van der Waals surface area contributed by atoms with Crippen molar-refractivity contribution in [1.29, 1.82) is 0 Å². The van der Waals surface area contributed by atoms with Crippen LogP contribution >= 0.6 is 11.8 Å². The molecular formula is C19H19N9OS. The molecule has 0 saturated heterocycles. The number of H-pyrrole nitrogens is 1. The molecule has 4 rings (SSSR count). The first-order valence-corrected chi connectivity index (χ1v) is 10.3. The van der Waals surface area contributed by atoms with Crippen molar-refractivity contribution in [3.8, 4) is 5.69 Å². The summed E-state index contributed by atoms with van der Waals surface area (Å²) in [5.41, 5.74) is 2.22. The largest absolute Gasteiger partial charge is 0.324 e. The number of carbonyl (C=O) groups excluding carboxylic acids is 1. The Kier molecular flexibility index (Phi) is 5.70. The normalized spacial score (nSPS) is 11.8. The van der Waals surface area contributed by atoms with Gasteiger partial charge in [-0.1, -0.05) is 48.2 Å². The fourth-order valence-electron chi connectivity index (χ4n) is 2.91. The maximum Gasteiger partial charge on any atom is 0.320 e. The van der Waals surface area contributed by atoms with Gasteiger partial charge in [-0.3, -0.25) is 5.10 Å². The molecule has 0 aliphatic carbocycles. The summed E-state index contributed by atoms with van der Waals surface area (Å²) in [5.74, 6) is 1.16. The Hall–Kier alpha value is -3.73. The predicted octanol–water partition coefficient (Wildman–Crippen LogP) is 2.72. The Labute approximate surface area is 176 Å². The van der Waals surface area contributed by atoms with E-state index in [4.69, 9.17) is 0 Å². The lowest BCUT2D eigenvalue weighted by molar-refractivity contribution is 0.249. The van der Waals surface area contributed by atoms with Gasteiger partial charge in [0.25, 0.3) is 0 Å². The van der Waals surface area contributed by atoms with Gasteiger partial charge in [0.2, 0.25) is 5.16 Å². The maximum atomic E-state index is 12.8. The van der Waals surface area contributed by atoms with Gasteiger partial charge >= 0.3 is 6.03 Å². The highest BCUT2D eigenvalue weighted by Crippen LogP contribution is 2.21. The zero-order chi connectivity index (χ0) is 20.9. The number of nitrogens with zero attached hydrogens (tertiary/aromatic N) is 6. The van der Waals surface area contributed by atoms with E-state index in [0.717, 1.165) is 11.3 Å². The van der Waals surface area contributed by atoms with E-state index in [1.807, 2.05) is 55.6 Å². The Balaban J connectivity index is 1.54. The molecule has 10 nitrogen and oxygen atoms in total. The molecule has 0 fully saturated rings. The minimum absolute atomic E-state index is 0.384. The van der Waals surface area contributed by atoms with Crippen molar-refractivity contribution in [2.45, 2.75) is 18.1 Å². The molecule has 1 unspecified atom stereocenters. The van der Waals surface area contributed by atoms with Crippen molar-refractivity contribution in [1.82, 2.24) is 40.7 Å². The summed E-state index contributed by atoms with van der Waals surface area (Å²) in [6.45, 7) is 1.81. The number of hydrogen-bond donors (Lipinski definition) is 3. The number of carbonyl (C=O) groups is 1. The lowest BCUT2D eigenvalue weighted by atomic mass is 10.1. The first-order chi connectivity index (χ1) is 14.6. The van der Waals surface area contributed by atoms with Crippen molar-refractivity contribution in [3.05, 3.63) is 71.8 Å². The highest BCUT2D eigenvalue weighted by atomic mass is 32.2. The van der Waals surface area contributed by atoms with Crippen molar-refractivity contribution in [2.75, 3.05) is 11.6 Å². The number of tetrazole rings is 1. The Morgan fingerprint density at radius 3 is 2.73 bits per heavy atom. The van der Waals surface area contributed by atoms with Crippen LogP contribution in [0.15, 0.2) is 59.8 Å². The van der Waals surface area contributed by atoms with Crippen LogP contribution < -0.4 is 10.6 Å². The maximum absolute atomic E-state index is 12.8. The molecule has 2 heterocycles. The Bertz CT molecular complexity index is 1140. The van der Waals surface area contributed by atoms with Crippen LogP contribution in [-0.2, 0) is 0 Å². The molecule has 0 radical (unpaired) electrons. The van der Waals surface area contributed by atoms with E-state index in [1.165, 1.54) is 11.8 Å². The van der Waals surface area contributed by atoms with E-state index >= 15 is 0 Å². The number of rotatable bonds is 6. The third-order valence-electron chi connectivity index (χ3n) is 4.25. The second-order valence-electron chi connectivity index (χ2n) is 6.35. The van der Waals surface area contributed by atoms with Crippen LogP contribution in [0.3, 0.4) is 0 Å². The molecule has 30 heavy (non-hydrogen) atoms. The third-order valence-corrected chi connectivity index (χ3v) is 4.87. The fraction of sp³-hybridized carbons (Fsp3) is 0.158. The number of hydrogen-bond acceptors (Lipinski definition) is 7. The SMILES string of the molecule is CSc1nnnn1-c1cccc(NC(=O)NC(c2ccccc2)c2n[nH]c(C)n2)c1. The minimum atomic E-state index is -0.498. The summed E-state index contributed by atoms with van der Waals surface area (Å²) < 4.78 is 1.61. The second kappa shape index (κ2) is 8.74. The monoisotopic (exact) mass is 421 g/mol. The molecule has 3 N–H and O–H groups in total. The summed E-state index contributed by atoms with van der Waals surface area (Å²) in [6.07, 6.45) is 1.90. The van der Waals surface area contributed by atoms with Crippen LogP contribution in [0.1, 0.15) is 23.3 Å². The van der Waals surface area contributed by atoms with E-state index < -0.39 is 6.04 Å². The quantitative estimate of drug-likeness (QED) is 0.409. The molecular weight excluding hydrogens is 402 g/mol. The summed E-state index contributed by atoms with van der Waals surface area (Å²) in [6, 6.07) is 15.9. The van der Waals surface area contributed by atoms with Crippen LogP contribution in [-0.4, -0.2) is 47.7 Å². The van der Waals surface area contributed by atoms with E-state index in [-0.39, 0.29) is 6.03 Å². The zero-order valence-electron chi connectivity index (χ0n) is 16.3. The van der Waals surface area contributed by atoms with Crippen molar-refractivity contribution in [2.24, 2.45) is 0 Å². The average molecular weight is 421 g/mol. The van der Waals surface area contributed by atoms with Gasteiger partial charge in [0.1, 0.15) is 11.9 Å². The fourth-order valence-corrected chi connectivity index (χ4v) is 3.35. The standard InChI is InChI=1S/C19H19N9OS/c1-12-20-17(24-23-12)16(13-7-4-3-5-8-13)22-18(29)21-14-9-6-10-15(11-14)28-19(30-2)25-26-27-28/h3-11,16H,1-2H3,(H,20,23,24)(H2,21,22,29). The van der Waals surface area contributed by atoms with Gasteiger partial charge in [0.05, 0.1) is 5.69 Å². The lowest BCUT2D eigenvalue weighted by Gasteiger charge is -2.17. The first-order valence-electron chi connectivity index (χ1n) is 9.08. The number of aromatic nitrogens is 7. The summed E-state index contributed by atoms with van der Waals surface area (Å²) >= 11 is 1.43. The molecule has 0 spiro atoms. The smallest absolute Gasteiger partial charge is 0.320 e. The highest BCUT2D eigenvalue weighted by Gasteiger charge is 2.21. The topological polar surface area (TPSA) is 126 Å². The van der Waals surface area contributed by atoms with Gasteiger partial charge < -0.3 is 10.6 Å². The number of thioether (sulfide) groups is 1. The van der Waals surface area contributed by atoms with Gasteiger partial charge in [-0.05, 0) is 47.4 Å². The number of anilines is 1. The number of aryl methyl sites for hydroxylation is 1. The average Bonchev–Trinajstić information content (AvgIpc) is 3.41. The van der Waals surface area contributed by atoms with Crippen LogP contribution in [0.25, 0.3) is 5.69 Å². The molecule has 11 heteroatoms. The van der Waals surface area contributed by atoms with Gasteiger partial charge in [-0.25, -0.2) is 9.78 Å². The number of urea groups is 1. The molecule has 0 bridgehead atoms. The van der Waals surface area contributed by atoms with Crippen molar-refractivity contribution < 1.29 is 4.79 Å².